The summed E-state index contributed by atoms with van der Waals surface area (Å²) in [7, 11) is 0. The lowest BCUT2D eigenvalue weighted by Gasteiger charge is -2.33. The van der Waals surface area contributed by atoms with E-state index in [4.69, 9.17) is 0 Å². The van der Waals surface area contributed by atoms with Crippen LogP contribution < -0.4 is 0 Å². The van der Waals surface area contributed by atoms with Crippen LogP contribution in [-0.2, 0) is 4.79 Å². The molecule has 0 spiro atoms. The Balaban J connectivity index is 2.29. The van der Waals surface area contributed by atoms with Gasteiger partial charge in [0, 0.05) is 11.9 Å². The maximum absolute atomic E-state index is 12.5. The minimum absolute atomic E-state index is 0.291. The first-order valence-electron chi connectivity index (χ1n) is 6.42. The standard InChI is InChI=1S/C14H16N2O3S2/c1-4-16(14(2,3)13(18)19)12(17)9-8-21-11(15-9)10-6-5-7-20-10/h5-8H,4H2,1-3H3,(H,18,19). The molecule has 2 aromatic rings. The Hall–Kier alpha value is -1.73. The van der Waals surface area contributed by atoms with Crippen molar-refractivity contribution in [3.8, 4) is 9.88 Å². The van der Waals surface area contributed by atoms with E-state index in [9.17, 15) is 14.7 Å². The Morgan fingerprint density at radius 3 is 2.62 bits per heavy atom. The van der Waals surface area contributed by atoms with Gasteiger partial charge >= 0.3 is 5.97 Å². The van der Waals surface area contributed by atoms with Crippen molar-refractivity contribution in [3.05, 3.63) is 28.6 Å². The van der Waals surface area contributed by atoms with Gasteiger partial charge < -0.3 is 10.0 Å². The molecule has 0 unspecified atom stereocenters. The fraction of sp³-hybridized carbons (Fsp3) is 0.357. The second-order valence-electron chi connectivity index (χ2n) is 4.93. The number of carbonyl (C=O) groups is 2. The monoisotopic (exact) mass is 324 g/mol. The molecular weight excluding hydrogens is 308 g/mol. The number of carboxylic acid groups (broad SMARTS) is 1. The number of likely N-dealkylation sites (N-methyl/N-ethyl adjacent to an activating group) is 1. The van der Waals surface area contributed by atoms with Gasteiger partial charge in [0.15, 0.2) is 0 Å². The van der Waals surface area contributed by atoms with Gasteiger partial charge in [-0.05, 0) is 32.2 Å². The van der Waals surface area contributed by atoms with Gasteiger partial charge in [0.05, 0.1) is 4.88 Å². The minimum Gasteiger partial charge on any atom is -0.480 e. The summed E-state index contributed by atoms with van der Waals surface area (Å²) >= 11 is 2.94. The van der Waals surface area contributed by atoms with Crippen LogP contribution in [-0.4, -0.2) is 39.0 Å². The summed E-state index contributed by atoms with van der Waals surface area (Å²) < 4.78 is 0. The zero-order valence-electron chi connectivity index (χ0n) is 12.0. The lowest BCUT2D eigenvalue weighted by molar-refractivity contribution is -0.147. The van der Waals surface area contributed by atoms with E-state index in [0.717, 1.165) is 9.88 Å². The van der Waals surface area contributed by atoms with Crippen LogP contribution in [0.25, 0.3) is 9.88 Å². The Bertz CT molecular complexity index is 647. The highest BCUT2D eigenvalue weighted by Gasteiger charge is 2.38. The zero-order chi connectivity index (χ0) is 15.6. The molecule has 7 heteroatoms. The first-order chi connectivity index (χ1) is 9.87. The Morgan fingerprint density at radius 2 is 2.10 bits per heavy atom. The molecule has 0 atom stereocenters. The fourth-order valence-electron chi connectivity index (χ4n) is 1.93. The molecule has 5 nitrogen and oxygen atoms in total. The Morgan fingerprint density at radius 1 is 1.38 bits per heavy atom. The van der Waals surface area contributed by atoms with Crippen LogP contribution in [0.2, 0.25) is 0 Å². The lowest BCUT2D eigenvalue weighted by atomic mass is 10.0. The van der Waals surface area contributed by atoms with Crippen molar-refractivity contribution >= 4 is 34.6 Å². The number of hydrogen-bond acceptors (Lipinski definition) is 5. The Labute approximate surface area is 130 Å². The molecule has 1 amide bonds. The number of carboxylic acids is 1. The molecule has 0 aliphatic heterocycles. The molecule has 0 radical (unpaired) electrons. The third kappa shape index (κ3) is 2.98. The van der Waals surface area contributed by atoms with Crippen molar-refractivity contribution in [2.24, 2.45) is 0 Å². The average Bonchev–Trinajstić information content (AvgIpc) is 3.10. The molecule has 0 aliphatic carbocycles. The smallest absolute Gasteiger partial charge is 0.329 e. The summed E-state index contributed by atoms with van der Waals surface area (Å²) in [5.41, 5.74) is -0.974. The molecule has 0 fully saturated rings. The van der Waals surface area contributed by atoms with Crippen LogP contribution in [0, 0.1) is 0 Å². The number of aliphatic carboxylic acids is 1. The number of carbonyl (C=O) groups excluding carboxylic acids is 1. The molecular formula is C14H16N2O3S2. The molecule has 21 heavy (non-hydrogen) atoms. The zero-order valence-corrected chi connectivity index (χ0v) is 13.6. The number of hydrogen-bond donors (Lipinski definition) is 1. The first kappa shape index (κ1) is 15.7. The van der Waals surface area contributed by atoms with E-state index >= 15 is 0 Å². The topological polar surface area (TPSA) is 70.5 Å². The van der Waals surface area contributed by atoms with Crippen LogP contribution in [0.3, 0.4) is 0 Å². The van der Waals surface area contributed by atoms with E-state index in [1.54, 1.807) is 23.6 Å². The Kier molecular flexibility index (Phi) is 4.43. The number of aromatic nitrogens is 1. The quantitative estimate of drug-likeness (QED) is 0.917. The van der Waals surface area contributed by atoms with Gasteiger partial charge in [-0.25, -0.2) is 9.78 Å². The van der Waals surface area contributed by atoms with Crippen molar-refractivity contribution in [2.75, 3.05) is 6.54 Å². The van der Waals surface area contributed by atoms with E-state index in [0.29, 0.717) is 12.2 Å². The molecule has 2 rings (SSSR count). The summed E-state index contributed by atoms with van der Waals surface area (Å²) in [6, 6.07) is 3.87. The third-order valence-corrected chi connectivity index (χ3v) is 5.10. The van der Waals surface area contributed by atoms with Crippen LogP contribution >= 0.6 is 22.7 Å². The van der Waals surface area contributed by atoms with Crippen molar-refractivity contribution in [2.45, 2.75) is 26.3 Å². The number of amides is 1. The van der Waals surface area contributed by atoms with E-state index in [-0.39, 0.29) is 5.91 Å². The summed E-state index contributed by atoms with van der Waals surface area (Å²) in [5, 5.41) is 13.7. The molecule has 112 valence electrons. The lowest BCUT2D eigenvalue weighted by Crippen LogP contribution is -2.53. The molecule has 0 aliphatic rings. The normalized spacial score (nSPS) is 11.4. The maximum Gasteiger partial charge on any atom is 0.329 e. The van der Waals surface area contributed by atoms with E-state index in [1.165, 1.54) is 30.1 Å². The van der Waals surface area contributed by atoms with Gasteiger partial charge in [-0.2, -0.15) is 0 Å². The highest BCUT2D eigenvalue weighted by Crippen LogP contribution is 2.29. The second kappa shape index (κ2) is 5.95. The summed E-state index contributed by atoms with van der Waals surface area (Å²) in [6.45, 7) is 5.10. The molecule has 0 bridgehead atoms. The average molecular weight is 324 g/mol. The molecule has 2 aromatic heterocycles. The predicted octanol–water partition coefficient (Wildman–Crippen LogP) is 3.20. The van der Waals surface area contributed by atoms with Crippen LogP contribution in [0.5, 0.6) is 0 Å². The van der Waals surface area contributed by atoms with Crippen molar-refractivity contribution in [1.29, 1.82) is 0 Å². The summed E-state index contributed by atoms with van der Waals surface area (Å²) in [5.74, 6) is -1.39. The summed E-state index contributed by atoms with van der Waals surface area (Å²) in [6.07, 6.45) is 0. The second-order valence-corrected chi connectivity index (χ2v) is 6.73. The van der Waals surface area contributed by atoms with E-state index in [1.807, 2.05) is 17.5 Å². The van der Waals surface area contributed by atoms with Crippen molar-refractivity contribution in [3.63, 3.8) is 0 Å². The van der Waals surface area contributed by atoms with Gasteiger partial charge in [0.1, 0.15) is 16.2 Å². The highest BCUT2D eigenvalue weighted by molar-refractivity contribution is 7.20. The van der Waals surface area contributed by atoms with Crippen LogP contribution in [0.1, 0.15) is 31.3 Å². The number of thiophene rings is 1. The maximum atomic E-state index is 12.5. The first-order valence-corrected chi connectivity index (χ1v) is 8.18. The van der Waals surface area contributed by atoms with Gasteiger partial charge in [0.25, 0.3) is 5.91 Å². The van der Waals surface area contributed by atoms with Crippen molar-refractivity contribution in [1.82, 2.24) is 9.88 Å². The van der Waals surface area contributed by atoms with Crippen LogP contribution in [0.4, 0.5) is 0 Å². The minimum atomic E-state index is -1.27. The molecule has 1 N–H and O–H groups in total. The molecule has 0 saturated heterocycles. The van der Waals surface area contributed by atoms with Crippen LogP contribution in [0.15, 0.2) is 22.9 Å². The number of rotatable bonds is 5. The van der Waals surface area contributed by atoms with Gasteiger partial charge in [0.2, 0.25) is 0 Å². The van der Waals surface area contributed by atoms with Gasteiger partial charge in [-0.1, -0.05) is 6.07 Å². The van der Waals surface area contributed by atoms with Crippen molar-refractivity contribution < 1.29 is 14.7 Å². The molecule has 0 aromatic carbocycles. The van der Waals surface area contributed by atoms with Gasteiger partial charge in [-0.3, -0.25) is 4.79 Å². The van der Waals surface area contributed by atoms with E-state index in [2.05, 4.69) is 4.98 Å². The number of nitrogens with zero attached hydrogens (tertiary/aromatic N) is 2. The highest BCUT2D eigenvalue weighted by atomic mass is 32.1. The summed E-state index contributed by atoms with van der Waals surface area (Å²) in [4.78, 5) is 30.5. The largest absolute Gasteiger partial charge is 0.480 e. The SMILES string of the molecule is CCN(C(=O)c1csc(-c2cccs2)n1)C(C)(C)C(=O)O. The molecule has 0 saturated carbocycles. The molecule has 2 heterocycles. The fourth-order valence-corrected chi connectivity index (χ4v) is 3.54. The third-order valence-electron chi connectivity index (χ3n) is 3.21. The van der Waals surface area contributed by atoms with E-state index < -0.39 is 11.5 Å². The number of thiazole rings is 1. The predicted molar refractivity (Wildman–Crippen MR) is 83.9 cm³/mol. The van der Waals surface area contributed by atoms with Gasteiger partial charge in [-0.15, -0.1) is 22.7 Å².